The highest BCUT2D eigenvalue weighted by Gasteiger charge is 2.51. The van der Waals surface area contributed by atoms with Crippen molar-refractivity contribution in [3.63, 3.8) is 0 Å². The molecule has 2 aliphatic rings. The molecule has 5 nitrogen and oxygen atoms in total. The van der Waals surface area contributed by atoms with Gasteiger partial charge in [0.05, 0.1) is 12.5 Å². The summed E-state index contributed by atoms with van der Waals surface area (Å²) in [5, 5.41) is 3.17. The Morgan fingerprint density at radius 1 is 1.22 bits per heavy atom. The van der Waals surface area contributed by atoms with Crippen molar-refractivity contribution in [1.29, 1.82) is 0 Å². The Morgan fingerprint density at radius 3 is 2.70 bits per heavy atom. The number of aryl methyl sites for hydroxylation is 1. The van der Waals surface area contributed by atoms with Gasteiger partial charge < -0.3 is 15.0 Å². The number of rotatable bonds is 6. The maximum atomic E-state index is 13.0. The van der Waals surface area contributed by atoms with E-state index in [0.717, 1.165) is 54.3 Å². The summed E-state index contributed by atoms with van der Waals surface area (Å²) in [5.74, 6) is 1.92. The molecule has 5 heteroatoms. The van der Waals surface area contributed by atoms with E-state index in [1.807, 2.05) is 37.3 Å². The second-order valence-electron chi connectivity index (χ2n) is 7.63. The molecule has 0 atom stereocenters. The fourth-order valence-electron chi connectivity index (χ4n) is 3.95. The number of hydrogen-bond acceptors (Lipinski definition) is 4. The second kappa shape index (κ2) is 7.22. The van der Waals surface area contributed by atoms with Gasteiger partial charge in [0.25, 0.3) is 0 Å². The third-order valence-electron chi connectivity index (χ3n) is 5.75. The zero-order valence-electron chi connectivity index (χ0n) is 16.1. The maximum absolute atomic E-state index is 13.0. The van der Waals surface area contributed by atoms with Crippen LogP contribution in [0, 0.1) is 6.92 Å². The molecule has 1 aromatic heterocycles. The SMILES string of the molecule is COc1cccc(C2(C(=O)NCc3ccc(C)nc3N3CCCC3)CC2)c1. The van der Waals surface area contributed by atoms with Crippen molar-refractivity contribution in [3.8, 4) is 5.75 Å². The van der Waals surface area contributed by atoms with E-state index in [9.17, 15) is 4.79 Å². The lowest BCUT2D eigenvalue weighted by Gasteiger charge is -2.22. The van der Waals surface area contributed by atoms with Crippen LogP contribution in [0.1, 0.15) is 42.5 Å². The zero-order chi connectivity index (χ0) is 18.9. The summed E-state index contributed by atoms with van der Waals surface area (Å²) >= 11 is 0. The van der Waals surface area contributed by atoms with Gasteiger partial charge in [0.1, 0.15) is 11.6 Å². The van der Waals surface area contributed by atoms with Crippen molar-refractivity contribution in [2.24, 2.45) is 0 Å². The van der Waals surface area contributed by atoms with Crippen molar-refractivity contribution >= 4 is 11.7 Å². The number of amides is 1. The normalized spacial score (nSPS) is 17.6. The Balaban J connectivity index is 1.50. The number of ether oxygens (including phenoxy) is 1. The Morgan fingerprint density at radius 2 is 2.00 bits per heavy atom. The van der Waals surface area contributed by atoms with Crippen LogP contribution >= 0.6 is 0 Å². The first-order chi connectivity index (χ1) is 13.1. The van der Waals surface area contributed by atoms with Crippen LogP contribution in [-0.2, 0) is 16.8 Å². The number of carbonyl (C=O) groups excluding carboxylic acids is 1. The van der Waals surface area contributed by atoms with Crippen molar-refractivity contribution in [1.82, 2.24) is 10.3 Å². The first-order valence-corrected chi connectivity index (χ1v) is 9.77. The van der Waals surface area contributed by atoms with Gasteiger partial charge >= 0.3 is 0 Å². The van der Waals surface area contributed by atoms with E-state index >= 15 is 0 Å². The number of carbonyl (C=O) groups is 1. The number of pyridine rings is 1. The molecule has 4 rings (SSSR count). The van der Waals surface area contributed by atoms with E-state index in [0.29, 0.717) is 6.54 Å². The van der Waals surface area contributed by atoms with Gasteiger partial charge in [0.15, 0.2) is 0 Å². The largest absolute Gasteiger partial charge is 0.497 e. The van der Waals surface area contributed by atoms with Crippen molar-refractivity contribution < 1.29 is 9.53 Å². The van der Waals surface area contributed by atoms with Gasteiger partial charge in [-0.2, -0.15) is 0 Å². The summed E-state index contributed by atoms with van der Waals surface area (Å²) in [7, 11) is 1.66. The summed E-state index contributed by atoms with van der Waals surface area (Å²) in [5.41, 5.74) is 2.75. The first-order valence-electron chi connectivity index (χ1n) is 9.77. The summed E-state index contributed by atoms with van der Waals surface area (Å²) in [6.07, 6.45) is 4.19. The molecule has 2 heterocycles. The van der Waals surface area contributed by atoms with E-state index < -0.39 is 5.41 Å². The topological polar surface area (TPSA) is 54.5 Å². The number of benzene rings is 1. The van der Waals surface area contributed by atoms with Crippen LogP contribution in [0.3, 0.4) is 0 Å². The highest BCUT2D eigenvalue weighted by Crippen LogP contribution is 2.49. The lowest BCUT2D eigenvalue weighted by molar-refractivity contribution is -0.123. The molecular weight excluding hydrogens is 338 g/mol. The van der Waals surface area contributed by atoms with Crippen LogP contribution in [0.5, 0.6) is 5.75 Å². The van der Waals surface area contributed by atoms with Crippen LogP contribution in [0.25, 0.3) is 0 Å². The fraction of sp³-hybridized carbons (Fsp3) is 0.455. The molecule has 0 bridgehead atoms. The molecule has 1 amide bonds. The highest BCUT2D eigenvalue weighted by atomic mass is 16.5. The molecule has 0 unspecified atom stereocenters. The fourth-order valence-corrected chi connectivity index (χ4v) is 3.95. The molecule has 0 spiro atoms. The molecule has 0 radical (unpaired) electrons. The number of methoxy groups -OCH3 is 1. The summed E-state index contributed by atoms with van der Waals surface area (Å²) < 4.78 is 5.33. The predicted octanol–water partition coefficient (Wildman–Crippen LogP) is 3.35. The Hall–Kier alpha value is -2.56. The van der Waals surface area contributed by atoms with E-state index in [4.69, 9.17) is 9.72 Å². The van der Waals surface area contributed by atoms with Crippen LogP contribution < -0.4 is 15.0 Å². The second-order valence-corrected chi connectivity index (χ2v) is 7.63. The van der Waals surface area contributed by atoms with E-state index in [2.05, 4.69) is 16.3 Å². The zero-order valence-corrected chi connectivity index (χ0v) is 16.1. The smallest absolute Gasteiger partial charge is 0.230 e. The number of aromatic nitrogens is 1. The molecule has 2 aromatic rings. The van der Waals surface area contributed by atoms with Gasteiger partial charge in [-0.25, -0.2) is 4.98 Å². The average Bonchev–Trinajstić information content (AvgIpc) is 3.33. The maximum Gasteiger partial charge on any atom is 0.230 e. The summed E-state index contributed by atoms with van der Waals surface area (Å²) in [6.45, 7) is 4.63. The molecule has 27 heavy (non-hydrogen) atoms. The molecule has 1 saturated carbocycles. The number of nitrogens with zero attached hydrogens (tertiary/aromatic N) is 2. The summed E-state index contributed by atoms with van der Waals surface area (Å²) in [4.78, 5) is 20.1. The summed E-state index contributed by atoms with van der Waals surface area (Å²) in [6, 6.07) is 12.0. The average molecular weight is 365 g/mol. The molecule has 1 aliphatic heterocycles. The van der Waals surface area contributed by atoms with Crippen molar-refractivity contribution in [2.75, 3.05) is 25.1 Å². The molecule has 1 N–H and O–H groups in total. The van der Waals surface area contributed by atoms with Gasteiger partial charge in [-0.15, -0.1) is 0 Å². The lowest BCUT2D eigenvalue weighted by Crippen LogP contribution is -2.35. The molecule has 1 saturated heterocycles. The minimum Gasteiger partial charge on any atom is -0.497 e. The number of anilines is 1. The Kier molecular flexibility index (Phi) is 4.77. The minimum absolute atomic E-state index is 0.101. The van der Waals surface area contributed by atoms with Crippen LogP contribution in [0.2, 0.25) is 0 Å². The lowest BCUT2D eigenvalue weighted by atomic mass is 9.94. The quantitative estimate of drug-likeness (QED) is 0.853. The van der Waals surface area contributed by atoms with Crippen LogP contribution in [0.15, 0.2) is 36.4 Å². The van der Waals surface area contributed by atoms with Crippen LogP contribution in [0.4, 0.5) is 5.82 Å². The minimum atomic E-state index is -0.402. The molecule has 1 aromatic carbocycles. The van der Waals surface area contributed by atoms with Crippen molar-refractivity contribution in [3.05, 3.63) is 53.2 Å². The third kappa shape index (κ3) is 3.51. The molecular formula is C22H27N3O2. The van der Waals surface area contributed by atoms with Gasteiger partial charge in [-0.3, -0.25) is 4.79 Å². The molecule has 142 valence electrons. The molecule has 1 aliphatic carbocycles. The van der Waals surface area contributed by atoms with E-state index in [-0.39, 0.29) is 5.91 Å². The monoisotopic (exact) mass is 365 g/mol. The third-order valence-corrected chi connectivity index (χ3v) is 5.75. The van der Waals surface area contributed by atoms with Crippen molar-refractivity contribution in [2.45, 2.75) is 44.6 Å². The molecule has 2 fully saturated rings. The van der Waals surface area contributed by atoms with Gasteiger partial charge in [-0.05, 0) is 56.4 Å². The van der Waals surface area contributed by atoms with Crippen LogP contribution in [-0.4, -0.2) is 31.1 Å². The highest BCUT2D eigenvalue weighted by molar-refractivity contribution is 5.91. The predicted molar refractivity (Wildman–Crippen MR) is 106 cm³/mol. The Labute approximate surface area is 160 Å². The van der Waals surface area contributed by atoms with Gasteiger partial charge in [0, 0.05) is 30.9 Å². The van der Waals surface area contributed by atoms with E-state index in [1.54, 1.807) is 7.11 Å². The number of nitrogens with one attached hydrogen (secondary N) is 1. The van der Waals surface area contributed by atoms with Gasteiger partial charge in [-0.1, -0.05) is 18.2 Å². The standard InChI is InChI=1S/C22H27N3O2/c1-16-8-9-17(20(24-16)25-12-3-4-13-25)15-23-21(26)22(10-11-22)18-6-5-7-19(14-18)27-2/h5-9,14H,3-4,10-13,15H2,1-2H3,(H,23,26). The van der Waals surface area contributed by atoms with Gasteiger partial charge in [0.2, 0.25) is 5.91 Å². The van der Waals surface area contributed by atoms with E-state index in [1.165, 1.54) is 12.8 Å². The first kappa shape index (κ1) is 17.8. The Bertz CT molecular complexity index is 839. The number of hydrogen-bond donors (Lipinski definition) is 1.